The monoisotopic (exact) mass is 402 g/mol. The molecule has 7 heteroatoms. The Morgan fingerprint density at radius 1 is 1.07 bits per heavy atom. The van der Waals surface area contributed by atoms with E-state index in [1.807, 2.05) is 11.3 Å². The van der Waals surface area contributed by atoms with Gasteiger partial charge in [-0.15, -0.1) is 11.3 Å². The van der Waals surface area contributed by atoms with E-state index in [0.717, 1.165) is 76.8 Å². The molecule has 2 aliphatic heterocycles. The number of aliphatic hydroxyl groups excluding tert-OH is 1. The van der Waals surface area contributed by atoms with Crippen molar-refractivity contribution in [2.24, 2.45) is 5.92 Å². The van der Waals surface area contributed by atoms with Crippen LogP contribution in [0.15, 0.2) is 0 Å². The van der Waals surface area contributed by atoms with Gasteiger partial charge in [-0.05, 0) is 50.0 Å². The fraction of sp³-hybridized carbons (Fsp3) is 0.714. The minimum Gasteiger partial charge on any atom is -0.396 e. The van der Waals surface area contributed by atoms with Crippen molar-refractivity contribution in [2.75, 3.05) is 50.9 Å². The lowest BCUT2D eigenvalue weighted by atomic mass is 9.95. The number of thiophene rings is 1. The summed E-state index contributed by atoms with van der Waals surface area (Å²) in [5.74, 6) is 2.43. The maximum Gasteiger partial charge on any atom is 0.146 e. The number of aromatic nitrogens is 2. The summed E-state index contributed by atoms with van der Waals surface area (Å²) in [5.41, 5.74) is 1.50. The van der Waals surface area contributed by atoms with Gasteiger partial charge in [-0.25, -0.2) is 9.97 Å². The number of nitrogens with zero attached hydrogens (tertiary/aromatic N) is 4. The van der Waals surface area contributed by atoms with Crippen LogP contribution >= 0.6 is 11.3 Å². The third-order valence-corrected chi connectivity index (χ3v) is 7.57. The Morgan fingerprint density at radius 2 is 1.93 bits per heavy atom. The van der Waals surface area contributed by atoms with Gasteiger partial charge in [0.2, 0.25) is 0 Å². The van der Waals surface area contributed by atoms with Crippen molar-refractivity contribution in [3.8, 4) is 0 Å². The first kappa shape index (κ1) is 18.7. The minimum absolute atomic E-state index is 0.271. The van der Waals surface area contributed by atoms with E-state index in [1.165, 1.54) is 39.9 Å². The Balaban J connectivity index is 1.55. The van der Waals surface area contributed by atoms with Crippen LogP contribution in [0.4, 0.5) is 5.82 Å². The van der Waals surface area contributed by atoms with Crippen molar-refractivity contribution in [1.82, 2.24) is 14.9 Å². The van der Waals surface area contributed by atoms with E-state index in [9.17, 15) is 5.11 Å². The van der Waals surface area contributed by atoms with Crippen molar-refractivity contribution < 1.29 is 9.84 Å². The molecule has 0 unspecified atom stereocenters. The Kier molecular flexibility index (Phi) is 5.50. The van der Waals surface area contributed by atoms with E-state index in [4.69, 9.17) is 14.7 Å². The van der Waals surface area contributed by atoms with Crippen LogP contribution in [0.3, 0.4) is 0 Å². The fourth-order valence-corrected chi connectivity index (χ4v) is 6.12. The molecule has 0 spiro atoms. The third-order valence-electron chi connectivity index (χ3n) is 6.39. The predicted octanol–water partition coefficient (Wildman–Crippen LogP) is 2.61. The lowest BCUT2D eigenvalue weighted by Gasteiger charge is -2.34. The molecule has 0 saturated carbocycles. The van der Waals surface area contributed by atoms with E-state index in [0.29, 0.717) is 5.92 Å². The molecule has 0 radical (unpaired) electrons. The summed E-state index contributed by atoms with van der Waals surface area (Å²) < 4.78 is 5.49. The normalized spacial score (nSPS) is 23.9. The number of aliphatic hydroxyl groups is 1. The van der Waals surface area contributed by atoms with Gasteiger partial charge in [-0.3, -0.25) is 4.90 Å². The van der Waals surface area contributed by atoms with Gasteiger partial charge in [0, 0.05) is 37.7 Å². The molecule has 2 aromatic rings. The van der Waals surface area contributed by atoms with Crippen molar-refractivity contribution in [1.29, 1.82) is 0 Å². The highest BCUT2D eigenvalue weighted by atomic mass is 32.1. The maximum absolute atomic E-state index is 9.72. The molecule has 5 rings (SSSR count). The molecule has 1 aliphatic carbocycles. The Morgan fingerprint density at radius 3 is 2.79 bits per heavy atom. The molecule has 152 valence electrons. The first-order valence-electron chi connectivity index (χ1n) is 10.8. The van der Waals surface area contributed by atoms with Crippen molar-refractivity contribution in [3.63, 3.8) is 0 Å². The Labute approximate surface area is 170 Å². The SMILES string of the molecule is OC[C@@H]1CCCN(c2nc(CN3CCOCC3)nc3sc4c(c23)CCCC4)C1. The smallest absolute Gasteiger partial charge is 0.146 e. The number of hydrogen-bond acceptors (Lipinski definition) is 7. The number of anilines is 1. The first-order chi connectivity index (χ1) is 13.8. The molecule has 3 aliphatic rings. The second-order valence-electron chi connectivity index (χ2n) is 8.38. The van der Waals surface area contributed by atoms with Crippen LogP contribution in [0.25, 0.3) is 10.2 Å². The Hall–Kier alpha value is -1.28. The van der Waals surface area contributed by atoms with E-state index in [1.54, 1.807) is 0 Å². The van der Waals surface area contributed by atoms with Gasteiger partial charge in [0.25, 0.3) is 0 Å². The molecule has 6 nitrogen and oxygen atoms in total. The summed E-state index contributed by atoms with van der Waals surface area (Å²) in [5, 5.41) is 11.0. The Bertz CT molecular complexity index is 833. The van der Waals surface area contributed by atoms with E-state index < -0.39 is 0 Å². The van der Waals surface area contributed by atoms with E-state index >= 15 is 0 Å². The minimum atomic E-state index is 0.271. The summed E-state index contributed by atoms with van der Waals surface area (Å²) in [6, 6.07) is 0. The maximum atomic E-state index is 9.72. The summed E-state index contributed by atoms with van der Waals surface area (Å²) >= 11 is 1.89. The molecule has 1 atom stereocenters. The van der Waals surface area contributed by atoms with Crippen LogP contribution in [0.5, 0.6) is 0 Å². The van der Waals surface area contributed by atoms with E-state index in [-0.39, 0.29) is 6.61 Å². The molecule has 0 bridgehead atoms. The van der Waals surface area contributed by atoms with Crippen LogP contribution in [-0.2, 0) is 24.1 Å². The van der Waals surface area contributed by atoms with Gasteiger partial charge in [0.1, 0.15) is 16.5 Å². The highest BCUT2D eigenvalue weighted by Gasteiger charge is 2.27. The van der Waals surface area contributed by atoms with Gasteiger partial charge < -0.3 is 14.7 Å². The van der Waals surface area contributed by atoms with E-state index in [2.05, 4.69) is 9.80 Å². The molecule has 28 heavy (non-hydrogen) atoms. The molecule has 0 aromatic carbocycles. The molecule has 2 saturated heterocycles. The fourth-order valence-electron chi connectivity index (χ4n) is 4.85. The standard InChI is InChI=1S/C21H30N4O2S/c26-14-15-4-3-7-25(12-15)20-19-16-5-1-2-6-17(16)28-21(19)23-18(22-20)13-24-8-10-27-11-9-24/h15,26H,1-14H2/t15-/m1/s1. The molecule has 2 fully saturated rings. The average Bonchev–Trinajstić information content (AvgIpc) is 3.12. The number of aryl methyl sites for hydroxylation is 2. The van der Waals surface area contributed by atoms with Crippen LogP contribution in [-0.4, -0.2) is 66.0 Å². The van der Waals surface area contributed by atoms with Gasteiger partial charge in [-0.1, -0.05) is 0 Å². The predicted molar refractivity (Wildman–Crippen MR) is 112 cm³/mol. The molecular weight excluding hydrogens is 372 g/mol. The third kappa shape index (κ3) is 3.65. The molecule has 4 heterocycles. The summed E-state index contributed by atoms with van der Waals surface area (Å²) in [7, 11) is 0. The average molecular weight is 403 g/mol. The zero-order valence-electron chi connectivity index (χ0n) is 16.5. The molecule has 1 N–H and O–H groups in total. The van der Waals surface area contributed by atoms with Crippen molar-refractivity contribution >= 4 is 27.4 Å². The number of hydrogen-bond donors (Lipinski definition) is 1. The van der Waals surface area contributed by atoms with Gasteiger partial charge >= 0.3 is 0 Å². The molecular formula is C21H30N4O2S. The van der Waals surface area contributed by atoms with Crippen LogP contribution in [0.2, 0.25) is 0 Å². The number of morpholine rings is 1. The highest BCUT2D eigenvalue weighted by molar-refractivity contribution is 7.19. The second kappa shape index (κ2) is 8.22. The van der Waals surface area contributed by atoms with Crippen LogP contribution in [0, 0.1) is 5.92 Å². The van der Waals surface area contributed by atoms with Gasteiger partial charge in [0.05, 0.1) is 25.1 Å². The largest absolute Gasteiger partial charge is 0.396 e. The quantitative estimate of drug-likeness (QED) is 0.848. The highest BCUT2D eigenvalue weighted by Crippen LogP contribution is 2.40. The number of ether oxygens (including phenoxy) is 1. The molecule has 0 amide bonds. The lowest BCUT2D eigenvalue weighted by molar-refractivity contribution is 0.0331. The molecule has 2 aromatic heterocycles. The second-order valence-corrected chi connectivity index (χ2v) is 9.46. The number of fused-ring (bicyclic) bond motifs is 3. The zero-order chi connectivity index (χ0) is 18.9. The zero-order valence-corrected chi connectivity index (χ0v) is 17.3. The van der Waals surface area contributed by atoms with Crippen LogP contribution < -0.4 is 4.90 Å². The summed E-state index contributed by atoms with van der Waals surface area (Å²) in [6.45, 7) is 6.51. The van der Waals surface area contributed by atoms with Crippen molar-refractivity contribution in [3.05, 3.63) is 16.3 Å². The number of rotatable bonds is 4. The summed E-state index contributed by atoms with van der Waals surface area (Å²) in [6.07, 6.45) is 7.15. The van der Waals surface area contributed by atoms with Crippen molar-refractivity contribution in [2.45, 2.75) is 45.1 Å². The number of piperidine rings is 1. The first-order valence-corrected chi connectivity index (χ1v) is 11.6. The summed E-state index contributed by atoms with van der Waals surface area (Å²) in [4.78, 5) is 17.7. The van der Waals surface area contributed by atoms with Gasteiger partial charge in [-0.2, -0.15) is 0 Å². The van der Waals surface area contributed by atoms with Gasteiger partial charge in [0.15, 0.2) is 0 Å². The topological polar surface area (TPSA) is 61.7 Å². The van der Waals surface area contributed by atoms with Crippen LogP contribution in [0.1, 0.15) is 41.9 Å². The lowest BCUT2D eigenvalue weighted by Crippen LogP contribution is -2.38.